The van der Waals surface area contributed by atoms with Gasteiger partial charge >= 0.3 is 0 Å². The molecular weight excluding hydrogens is 284 g/mol. The maximum atomic E-state index is 12.2. The fourth-order valence-electron chi connectivity index (χ4n) is 2.95. The largest absolute Gasteiger partial charge is 0.348 e. The molecule has 0 saturated carbocycles. The molecule has 3 rings (SSSR count). The molecule has 0 unspecified atom stereocenters. The Morgan fingerprint density at radius 2 is 1.57 bits per heavy atom. The van der Waals surface area contributed by atoms with Crippen molar-refractivity contribution in [2.45, 2.75) is 32.9 Å². The number of rotatable bonds is 5. The Balaban J connectivity index is 1.53. The Kier molecular flexibility index (Phi) is 5.09. The predicted molar refractivity (Wildman–Crippen MR) is 93.3 cm³/mol. The van der Waals surface area contributed by atoms with Gasteiger partial charge in [0.1, 0.15) is 0 Å². The molecule has 0 aromatic heterocycles. The third-order valence-electron chi connectivity index (χ3n) is 4.39. The van der Waals surface area contributed by atoms with E-state index in [-0.39, 0.29) is 5.91 Å². The fraction of sp³-hybridized carbons (Fsp3) is 0.350. The molecule has 0 radical (unpaired) electrons. The molecule has 0 bridgehead atoms. The summed E-state index contributed by atoms with van der Waals surface area (Å²) < 4.78 is 0. The van der Waals surface area contributed by atoms with Crippen LogP contribution < -0.4 is 5.32 Å². The van der Waals surface area contributed by atoms with Crippen LogP contribution in [-0.4, -0.2) is 23.9 Å². The molecular formula is C20H24N2O. The van der Waals surface area contributed by atoms with Crippen LogP contribution in [0.15, 0.2) is 48.5 Å². The summed E-state index contributed by atoms with van der Waals surface area (Å²) in [5, 5.41) is 2.98. The first-order valence-electron chi connectivity index (χ1n) is 8.36. The molecule has 3 heteroatoms. The first-order valence-corrected chi connectivity index (χ1v) is 8.36. The zero-order valence-corrected chi connectivity index (χ0v) is 13.7. The second-order valence-electron chi connectivity index (χ2n) is 6.35. The highest BCUT2D eigenvalue weighted by molar-refractivity contribution is 5.94. The summed E-state index contributed by atoms with van der Waals surface area (Å²) in [6.45, 7) is 6.00. The standard InChI is InChI=1S/C20H24N2O/c1-16-4-6-17(7-5-16)14-21-20(23)19-10-8-18(9-11-19)15-22-12-2-3-13-22/h4-11H,2-3,12-15H2,1H3,(H,21,23). The van der Waals surface area contributed by atoms with Gasteiger partial charge in [0.05, 0.1) is 0 Å². The normalized spacial score (nSPS) is 14.8. The van der Waals surface area contributed by atoms with E-state index in [1.54, 1.807) is 0 Å². The monoisotopic (exact) mass is 308 g/mol. The molecule has 1 saturated heterocycles. The third-order valence-corrected chi connectivity index (χ3v) is 4.39. The van der Waals surface area contributed by atoms with Gasteiger partial charge in [-0.05, 0) is 56.1 Å². The van der Waals surface area contributed by atoms with Crippen molar-refractivity contribution in [1.29, 1.82) is 0 Å². The number of amides is 1. The molecule has 1 aliphatic rings. The number of nitrogens with one attached hydrogen (secondary N) is 1. The summed E-state index contributed by atoms with van der Waals surface area (Å²) >= 11 is 0. The van der Waals surface area contributed by atoms with Crippen LogP contribution in [0.4, 0.5) is 0 Å². The summed E-state index contributed by atoms with van der Waals surface area (Å²) in [5.41, 5.74) is 4.35. The summed E-state index contributed by atoms with van der Waals surface area (Å²) in [6.07, 6.45) is 2.61. The van der Waals surface area contributed by atoms with E-state index in [2.05, 4.69) is 53.5 Å². The Bertz CT molecular complexity index is 640. The summed E-state index contributed by atoms with van der Waals surface area (Å²) in [6, 6.07) is 16.2. The molecule has 0 atom stereocenters. The molecule has 2 aromatic carbocycles. The number of hydrogen-bond donors (Lipinski definition) is 1. The van der Waals surface area contributed by atoms with Gasteiger partial charge in [-0.15, -0.1) is 0 Å². The molecule has 1 amide bonds. The average Bonchev–Trinajstić information content (AvgIpc) is 3.08. The molecule has 120 valence electrons. The van der Waals surface area contributed by atoms with Crippen molar-refractivity contribution < 1.29 is 4.79 Å². The van der Waals surface area contributed by atoms with Gasteiger partial charge in [0.25, 0.3) is 5.91 Å². The second kappa shape index (κ2) is 7.42. The molecule has 1 aliphatic heterocycles. The van der Waals surface area contributed by atoms with Crippen LogP contribution in [0.1, 0.15) is 39.9 Å². The van der Waals surface area contributed by atoms with Gasteiger partial charge in [0.2, 0.25) is 0 Å². The minimum Gasteiger partial charge on any atom is -0.348 e. The van der Waals surface area contributed by atoms with Crippen LogP contribution in [0.25, 0.3) is 0 Å². The van der Waals surface area contributed by atoms with Gasteiger partial charge in [-0.3, -0.25) is 9.69 Å². The maximum Gasteiger partial charge on any atom is 0.251 e. The van der Waals surface area contributed by atoms with Crippen molar-refractivity contribution >= 4 is 5.91 Å². The van der Waals surface area contributed by atoms with E-state index in [1.807, 2.05) is 12.1 Å². The quantitative estimate of drug-likeness (QED) is 0.916. The summed E-state index contributed by atoms with van der Waals surface area (Å²) in [5.74, 6) is -0.0155. The van der Waals surface area contributed by atoms with Crippen molar-refractivity contribution in [3.63, 3.8) is 0 Å². The Morgan fingerprint density at radius 1 is 0.957 bits per heavy atom. The number of benzene rings is 2. The van der Waals surface area contributed by atoms with Crippen LogP contribution in [0.5, 0.6) is 0 Å². The summed E-state index contributed by atoms with van der Waals surface area (Å²) in [4.78, 5) is 14.7. The lowest BCUT2D eigenvalue weighted by atomic mass is 10.1. The Labute approximate surface area is 138 Å². The molecule has 0 aliphatic carbocycles. The predicted octanol–water partition coefficient (Wildman–Crippen LogP) is 3.52. The average molecular weight is 308 g/mol. The molecule has 1 N–H and O–H groups in total. The van der Waals surface area contributed by atoms with Crippen LogP contribution in [-0.2, 0) is 13.1 Å². The maximum absolute atomic E-state index is 12.2. The Hall–Kier alpha value is -2.13. The number of carbonyl (C=O) groups excluding carboxylic acids is 1. The second-order valence-corrected chi connectivity index (χ2v) is 6.35. The fourth-order valence-corrected chi connectivity index (χ4v) is 2.95. The van der Waals surface area contributed by atoms with Gasteiger partial charge in [-0.2, -0.15) is 0 Å². The van der Waals surface area contributed by atoms with Crippen molar-refractivity contribution in [3.05, 3.63) is 70.8 Å². The molecule has 1 heterocycles. The lowest BCUT2D eigenvalue weighted by Gasteiger charge is -2.14. The van der Waals surface area contributed by atoms with E-state index >= 15 is 0 Å². The first-order chi connectivity index (χ1) is 11.2. The van der Waals surface area contributed by atoms with Crippen molar-refractivity contribution in [1.82, 2.24) is 10.2 Å². The van der Waals surface area contributed by atoms with Crippen molar-refractivity contribution in [3.8, 4) is 0 Å². The number of aryl methyl sites for hydroxylation is 1. The zero-order chi connectivity index (χ0) is 16.1. The lowest BCUT2D eigenvalue weighted by molar-refractivity contribution is 0.0951. The zero-order valence-electron chi connectivity index (χ0n) is 13.7. The minimum atomic E-state index is -0.0155. The number of nitrogens with zero attached hydrogens (tertiary/aromatic N) is 1. The number of carbonyl (C=O) groups is 1. The van der Waals surface area contributed by atoms with Gasteiger partial charge in [0, 0.05) is 18.7 Å². The number of likely N-dealkylation sites (tertiary alicyclic amines) is 1. The van der Waals surface area contributed by atoms with Crippen molar-refractivity contribution in [2.24, 2.45) is 0 Å². The van der Waals surface area contributed by atoms with Gasteiger partial charge in [0.15, 0.2) is 0 Å². The van der Waals surface area contributed by atoms with E-state index in [1.165, 1.54) is 37.1 Å². The van der Waals surface area contributed by atoms with E-state index in [0.29, 0.717) is 6.54 Å². The first kappa shape index (κ1) is 15.8. The van der Waals surface area contributed by atoms with E-state index in [0.717, 1.165) is 17.7 Å². The smallest absolute Gasteiger partial charge is 0.251 e. The van der Waals surface area contributed by atoms with Crippen LogP contribution in [0.2, 0.25) is 0 Å². The third kappa shape index (κ3) is 4.42. The van der Waals surface area contributed by atoms with Gasteiger partial charge in [-0.1, -0.05) is 42.0 Å². The molecule has 23 heavy (non-hydrogen) atoms. The Morgan fingerprint density at radius 3 is 2.22 bits per heavy atom. The molecule has 1 fully saturated rings. The van der Waals surface area contributed by atoms with E-state index < -0.39 is 0 Å². The summed E-state index contributed by atoms with van der Waals surface area (Å²) in [7, 11) is 0. The van der Waals surface area contributed by atoms with Crippen LogP contribution in [0.3, 0.4) is 0 Å². The molecule has 3 nitrogen and oxygen atoms in total. The van der Waals surface area contributed by atoms with E-state index in [4.69, 9.17) is 0 Å². The van der Waals surface area contributed by atoms with E-state index in [9.17, 15) is 4.79 Å². The topological polar surface area (TPSA) is 32.3 Å². The SMILES string of the molecule is Cc1ccc(CNC(=O)c2ccc(CN3CCCC3)cc2)cc1. The lowest BCUT2D eigenvalue weighted by Crippen LogP contribution is -2.23. The highest BCUT2D eigenvalue weighted by Gasteiger charge is 2.12. The van der Waals surface area contributed by atoms with Crippen LogP contribution in [0, 0.1) is 6.92 Å². The molecule has 0 spiro atoms. The highest BCUT2D eigenvalue weighted by atomic mass is 16.1. The van der Waals surface area contributed by atoms with Crippen LogP contribution >= 0.6 is 0 Å². The van der Waals surface area contributed by atoms with Gasteiger partial charge < -0.3 is 5.32 Å². The number of hydrogen-bond acceptors (Lipinski definition) is 2. The molecule has 2 aromatic rings. The highest BCUT2D eigenvalue weighted by Crippen LogP contribution is 2.13. The van der Waals surface area contributed by atoms with Gasteiger partial charge in [-0.25, -0.2) is 0 Å². The van der Waals surface area contributed by atoms with Crippen molar-refractivity contribution in [2.75, 3.05) is 13.1 Å². The minimum absolute atomic E-state index is 0.0155.